The summed E-state index contributed by atoms with van der Waals surface area (Å²) >= 11 is 1.51. The van der Waals surface area contributed by atoms with Gasteiger partial charge in [-0.2, -0.15) is 28.3 Å². The molecule has 0 saturated heterocycles. The Morgan fingerprint density at radius 1 is 0.733 bits per heavy atom. The van der Waals surface area contributed by atoms with Crippen LogP contribution >= 0.6 is 0 Å². The molecule has 0 nitrogen and oxygen atoms in total. The fourth-order valence-electron chi connectivity index (χ4n) is 7.03. The molecule has 0 N–H and O–H groups in total. The van der Waals surface area contributed by atoms with Gasteiger partial charge in [-0.15, -0.1) is 11.6 Å². The molecule has 3 aliphatic carbocycles. The minimum absolute atomic E-state index is 0. The molecule has 0 aliphatic heterocycles. The molecule has 0 saturated carbocycles. The first-order valence-corrected chi connectivity index (χ1v) is 16.8. The van der Waals surface area contributed by atoms with Crippen molar-refractivity contribution in [3.63, 3.8) is 0 Å². The van der Waals surface area contributed by atoms with Crippen LogP contribution in [0.1, 0.15) is 110 Å². The smallest absolute Gasteiger partial charge is 0.0632 e. The third-order valence-electron chi connectivity index (χ3n) is 9.43. The molecule has 7 rings (SSSR count). The minimum atomic E-state index is 0. The molecule has 4 aromatic rings. The van der Waals surface area contributed by atoms with Crippen molar-refractivity contribution < 1.29 is 49.0 Å². The standard InChI is InChI=1S/C25H25.C9H10.C8H11.2ClH.Zr/c1-14-12-24(3,4)22-8-16-7-17-9-23-19(15(2)13-25(23,5)6)11-21(17)20(16)10-18(14)22;1-3-9-6-4-8(2)5-7-9;1-6-4-7(2)8(3)5-6;;;/h8-12H,7H2,1-6H3;4-7H,1-2H3;4-5H,1-3H3;2*1H;/q-1;;-1;;;+2/p-2. The summed E-state index contributed by atoms with van der Waals surface area (Å²) in [4.78, 5) is 0. The van der Waals surface area contributed by atoms with Crippen molar-refractivity contribution in [3.05, 3.63) is 134 Å². The van der Waals surface area contributed by atoms with E-state index in [-0.39, 0.29) is 35.6 Å². The van der Waals surface area contributed by atoms with Crippen LogP contribution < -0.4 is 24.8 Å². The predicted molar refractivity (Wildman–Crippen MR) is 184 cm³/mol. The van der Waals surface area contributed by atoms with Gasteiger partial charge in [-0.05, 0) is 58.4 Å². The van der Waals surface area contributed by atoms with E-state index in [1.54, 1.807) is 0 Å². The van der Waals surface area contributed by atoms with Crippen LogP contribution in [0.3, 0.4) is 0 Å². The largest absolute Gasteiger partial charge is 1.00 e. The van der Waals surface area contributed by atoms with Crippen LogP contribution in [-0.2, 0) is 41.5 Å². The molecule has 0 amide bonds. The van der Waals surface area contributed by atoms with Gasteiger partial charge in [-0.3, -0.25) is 6.08 Å². The topological polar surface area (TPSA) is 0 Å². The van der Waals surface area contributed by atoms with E-state index in [4.69, 9.17) is 0 Å². The molecule has 0 bridgehead atoms. The maximum Gasteiger partial charge on any atom is -0.0632 e. The average Bonchev–Trinajstić information content (AvgIpc) is 3.57. The molecule has 234 valence electrons. The van der Waals surface area contributed by atoms with Gasteiger partial charge in [-0.25, -0.2) is 11.6 Å². The summed E-state index contributed by atoms with van der Waals surface area (Å²) in [6.45, 7) is 24.4. The molecule has 0 spiro atoms. The van der Waals surface area contributed by atoms with Crippen LogP contribution in [0.25, 0.3) is 22.3 Å². The number of hydrogen-bond acceptors (Lipinski definition) is 0. The molecular formula is C42H46Cl2Zr-2. The van der Waals surface area contributed by atoms with Crippen molar-refractivity contribution in [1.82, 2.24) is 0 Å². The summed E-state index contributed by atoms with van der Waals surface area (Å²) in [5.74, 6) is 0. The van der Waals surface area contributed by atoms with Crippen molar-refractivity contribution >= 4 is 14.4 Å². The maximum atomic E-state index is 3.65. The number of halogens is 2. The second-order valence-corrected chi connectivity index (χ2v) is 15.9. The number of allylic oxidation sites excluding steroid dienone is 4. The fraction of sp³-hybridized carbons (Fsp3) is 0.333. The van der Waals surface area contributed by atoms with Crippen LogP contribution in [0.2, 0.25) is 0 Å². The molecule has 0 fully saturated rings. The van der Waals surface area contributed by atoms with Crippen molar-refractivity contribution in [2.45, 2.75) is 93.4 Å². The van der Waals surface area contributed by atoms with Gasteiger partial charge >= 0.3 is 76.7 Å². The number of aryl methyl sites for hydroxylation is 4. The Kier molecular flexibility index (Phi) is 11.5. The molecule has 0 unspecified atom stereocenters. The second-order valence-electron chi connectivity index (χ2n) is 14.1. The molecule has 0 radical (unpaired) electrons. The Bertz CT molecular complexity index is 1700. The first-order chi connectivity index (χ1) is 20.1. The zero-order chi connectivity index (χ0) is 31.4. The van der Waals surface area contributed by atoms with Gasteiger partial charge in [0.1, 0.15) is 0 Å². The Morgan fingerprint density at radius 3 is 1.78 bits per heavy atom. The first-order valence-electron chi connectivity index (χ1n) is 15.6. The molecule has 0 aromatic heterocycles. The van der Waals surface area contributed by atoms with Crippen molar-refractivity contribution in [2.24, 2.45) is 0 Å². The van der Waals surface area contributed by atoms with Crippen LogP contribution in [0, 0.1) is 33.8 Å². The molecule has 4 aromatic carbocycles. The van der Waals surface area contributed by atoms with Gasteiger partial charge < -0.3 is 24.8 Å². The number of hydrogen-bond donors (Lipinski definition) is 0. The van der Waals surface area contributed by atoms with Gasteiger partial charge in [0.15, 0.2) is 0 Å². The van der Waals surface area contributed by atoms with Gasteiger partial charge in [0.2, 0.25) is 0 Å². The van der Waals surface area contributed by atoms with E-state index in [0.717, 1.165) is 6.42 Å². The van der Waals surface area contributed by atoms with Crippen molar-refractivity contribution in [3.8, 4) is 11.1 Å². The molecule has 3 aliphatic rings. The Labute approximate surface area is 300 Å². The third kappa shape index (κ3) is 7.53. The molecular weight excluding hydrogens is 667 g/mol. The second kappa shape index (κ2) is 13.9. The van der Waals surface area contributed by atoms with E-state index in [2.05, 4.69) is 149 Å². The summed E-state index contributed by atoms with van der Waals surface area (Å²) in [6.07, 6.45) is 7.13. The zero-order valence-corrected chi connectivity index (χ0v) is 32.8. The van der Waals surface area contributed by atoms with E-state index in [1.165, 1.54) is 111 Å². The van der Waals surface area contributed by atoms with Crippen molar-refractivity contribution in [2.75, 3.05) is 0 Å². The Balaban J connectivity index is 0.000000229. The fourth-order valence-corrected chi connectivity index (χ4v) is 7.44. The van der Waals surface area contributed by atoms with Gasteiger partial charge in [0, 0.05) is 5.41 Å². The van der Waals surface area contributed by atoms with E-state index >= 15 is 0 Å². The monoisotopic (exact) mass is 710 g/mol. The Hall–Kier alpha value is -2.18. The van der Waals surface area contributed by atoms with E-state index < -0.39 is 0 Å². The molecule has 0 atom stereocenters. The van der Waals surface area contributed by atoms with Gasteiger partial charge in [-0.1, -0.05) is 79.0 Å². The van der Waals surface area contributed by atoms with Gasteiger partial charge in [0.25, 0.3) is 0 Å². The van der Waals surface area contributed by atoms with Crippen LogP contribution in [-0.4, -0.2) is 3.21 Å². The number of rotatable bonds is 1. The van der Waals surface area contributed by atoms with Crippen molar-refractivity contribution in [1.29, 1.82) is 0 Å². The van der Waals surface area contributed by atoms with Crippen LogP contribution in [0.4, 0.5) is 0 Å². The van der Waals surface area contributed by atoms with Crippen LogP contribution in [0.15, 0.2) is 66.7 Å². The first kappa shape index (κ1) is 37.3. The average molecular weight is 713 g/mol. The third-order valence-corrected chi connectivity index (χ3v) is 10.1. The molecule has 3 heteroatoms. The summed E-state index contributed by atoms with van der Waals surface area (Å²) in [5, 5.41) is 0. The minimum Gasteiger partial charge on any atom is -1.00 e. The number of fused-ring (bicyclic) bond motifs is 5. The van der Waals surface area contributed by atoms with Crippen LogP contribution in [0.5, 0.6) is 0 Å². The SMILES string of the molecule is CC1=[C-]C(C)(C)c2cc3c(cc21)-c1cc2c(cc1C3)C(C)(C)C=C2C.C[C](=[Zr+2])c1ccc(C)cc1.Cc1cc(C)c(C)[cH-]1.[Cl-].[Cl-]. The predicted octanol–water partition coefficient (Wildman–Crippen LogP) is 4.87. The summed E-state index contributed by atoms with van der Waals surface area (Å²) in [6, 6.07) is 22.9. The van der Waals surface area contributed by atoms with E-state index in [0.29, 0.717) is 0 Å². The summed E-state index contributed by atoms with van der Waals surface area (Å²) in [7, 11) is 0. The van der Waals surface area contributed by atoms with E-state index in [1.807, 2.05) is 0 Å². The normalized spacial score (nSPS) is 15.3. The molecule has 0 heterocycles. The van der Waals surface area contributed by atoms with Gasteiger partial charge in [0.05, 0.1) is 0 Å². The quantitative estimate of drug-likeness (QED) is 0.218. The summed E-state index contributed by atoms with van der Waals surface area (Å²) in [5.41, 5.74) is 21.4. The maximum absolute atomic E-state index is 3.65. The number of benzene rings is 3. The zero-order valence-electron chi connectivity index (χ0n) is 28.8. The Morgan fingerprint density at radius 2 is 1.29 bits per heavy atom. The molecule has 45 heavy (non-hydrogen) atoms. The summed E-state index contributed by atoms with van der Waals surface area (Å²) < 4.78 is 1.46. The van der Waals surface area contributed by atoms with E-state index in [9.17, 15) is 0 Å².